The predicted octanol–water partition coefficient (Wildman–Crippen LogP) is 3.47. The van der Waals surface area contributed by atoms with Gasteiger partial charge in [-0.05, 0) is 44.9 Å². The third-order valence-electron chi connectivity index (χ3n) is 3.40. The molecular formula is C17H24FNO4. The highest BCUT2D eigenvalue weighted by molar-refractivity contribution is 5.82. The number of rotatable bonds is 6. The molecule has 0 saturated heterocycles. The van der Waals surface area contributed by atoms with Crippen LogP contribution in [0.1, 0.15) is 46.1 Å². The van der Waals surface area contributed by atoms with Crippen LogP contribution in [-0.2, 0) is 14.9 Å². The van der Waals surface area contributed by atoms with Crippen molar-refractivity contribution in [3.63, 3.8) is 0 Å². The Bertz CT molecular complexity index is 568. The van der Waals surface area contributed by atoms with Crippen molar-refractivity contribution in [3.8, 4) is 0 Å². The zero-order valence-corrected chi connectivity index (χ0v) is 14.0. The number of benzene rings is 1. The summed E-state index contributed by atoms with van der Waals surface area (Å²) in [4.78, 5) is 23.7. The first-order chi connectivity index (χ1) is 10.6. The molecule has 0 fully saturated rings. The third-order valence-corrected chi connectivity index (χ3v) is 3.40. The van der Waals surface area contributed by atoms with Gasteiger partial charge < -0.3 is 15.2 Å². The fourth-order valence-electron chi connectivity index (χ4n) is 2.39. The Morgan fingerprint density at radius 2 is 1.96 bits per heavy atom. The van der Waals surface area contributed by atoms with Crippen LogP contribution in [-0.4, -0.2) is 29.3 Å². The van der Waals surface area contributed by atoms with Gasteiger partial charge in [-0.1, -0.05) is 25.5 Å². The van der Waals surface area contributed by atoms with E-state index in [9.17, 15) is 19.1 Å². The van der Waals surface area contributed by atoms with Crippen LogP contribution in [0.5, 0.6) is 0 Å². The average molecular weight is 325 g/mol. The number of halogens is 1. The maximum Gasteiger partial charge on any atom is 0.407 e. The topological polar surface area (TPSA) is 75.6 Å². The Balaban J connectivity index is 3.06. The summed E-state index contributed by atoms with van der Waals surface area (Å²) in [6.07, 6.45) is 0.135. The number of ether oxygens (including phenoxy) is 1. The number of carboxylic acids is 1. The van der Waals surface area contributed by atoms with E-state index >= 15 is 0 Å². The number of hydrogen-bond acceptors (Lipinski definition) is 3. The van der Waals surface area contributed by atoms with Gasteiger partial charge in [0.2, 0.25) is 0 Å². The van der Waals surface area contributed by atoms with Gasteiger partial charge in [-0.25, -0.2) is 9.18 Å². The summed E-state index contributed by atoms with van der Waals surface area (Å²) >= 11 is 0. The van der Waals surface area contributed by atoms with E-state index < -0.39 is 28.9 Å². The van der Waals surface area contributed by atoms with Crippen molar-refractivity contribution in [3.05, 3.63) is 35.6 Å². The van der Waals surface area contributed by atoms with Gasteiger partial charge in [-0.3, -0.25) is 4.79 Å². The van der Waals surface area contributed by atoms with Crippen LogP contribution in [0.2, 0.25) is 0 Å². The van der Waals surface area contributed by atoms with E-state index in [0.717, 1.165) is 0 Å². The van der Waals surface area contributed by atoms with Crippen LogP contribution in [0.15, 0.2) is 24.3 Å². The van der Waals surface area contributed by atoms with Crippen molar-refractivity contribution < 1.29 is 23.8 Å². The second-order valence-corrected chi connectivity index (χ2v) is 6.50. The molecule has 1 unspecified atom stereocenters. The largest absolute Gasteiger partial charge is 0.481 e. The summed E-state index contributed by atoms with van der Waals surface area (Å²) in [5.41, 5.74) is -1.75. The van der Waals surface area contributed by atoms with Gasteiger partial charge >= 0.3 is 12.1 Å². The molecule has 0 aliphatic carbocycles. The predicted molar refractivity (Wildman–Crippen MR) is 84.9 cm³/mol. The highest BCUT2D eigenvalue weighted by Crippen LogP contribution is 2.30. The lowest BCUT2D eigenvalue weighted by Crippen LogP contribution is -2.47. The molecule has 1 aromatic rings. The van der Waals surface area contributed by atoms with Gasteiger partial charge in [0.05, 0.1) is 0 Å². The van der Waals surface area contributed by atoms with Crippen LogP contribution >= 0.6 is 0 Å². The summed E-state index contributed by atoms with van der Waals surface area (Å²) in [6.45, 7) is 6.82. The second kappa shape index (κ2) is 7.44. The Morgan fingerprint density at radius 1 is 1.30 bits per heavy atom. The number of carboxylic acid groups (broad SMARTS) is 1. The van der Waals surface area contributed by atoms with Crippen molar-refractivity contribution in [2.45, 2.75) is 51.6 Å². The monoisotopic (exact) mass is 325 g/mol. The van der Waals surface area contributed by atoms with Crippen molar-refractivity contribution in [2.75, 3.05) is 6.54 Å². The minimum Gasteiger partial charge on any atom is -0.481 e. The number of alkyl carbamates (subject to hydrolysis) is 1. The Morgan fingerprint density at radius 3 is 2.43 bits per heavy atom. The van der Waals surface area contributed by atoms with Crippen molar-refractivity contribution >= 4 is 12.1 Å². The molecule has 1 amide bonds. The quantitative estimate of drug-likeness (QED) is 0.839. The standard InChI is InChI=1S/C17H24FNO4/c1-5-9-17(14(20)21,12-7-6-8-13(18)10-12)11-19-15(22)23-16(2,3)4/h6-8,10H,5,9,11H2,1-4H3,(H,19,22)(H,20,21). The van der Waals surface area contributed by atoms with Gasteiger partial charge in [-0.2, -0.15) is 0 Å². The fraction of sp³-hybridized carbons (Fsp3) is 0.529. The minimum atomic E-state index is -1.40. The van der Waals surface area contributed by atoms with E-state index in [0.29, 0.717) is 12.0 Å². The van der Waals surface area contributed by atoms with Gasteiger partial charge in [-0.15, -0.1) is 0 Å². The lowest BCUT2D eigenvalue weighted by Gasteiger charge is -2.30. The van der Waals surface area contributed by atoms with E-state index in [-0.39, 0.29) is 13.0 Å². The molecule has 1 aromatic carbocycles. The van der Waals surface area contributed by atoms with E-state index in [1.807, 2.05) is 6.92 Å². The van der Waals surface area contributed by atoms with Crippen molar-refractivity contribution in [2.24, 2.45) is 0 Å². The molecule has 0 heterocycles. The molecule has 0 radical (unpaired) electrons. The van der Waals surface area contributed by atoms with Gasteiger partial charge in [0.15, 0.2) is 0 Å². The molecule has 2 N–H and O–H groups in total. The van der Waals surface area contributed by atoms with Crippen LogP contribution in [0.25, 0.3) is 0 Å². The maximum atomic E-state index is 13.5. The smallest absolute Gasteiger partial charge is 0.407 e. The summed E-state index contributed by atoms with van der Waals surface area (Å²) in [5, 5.41) is 12.2. The van der Waals surface area contributed by atoms with Gasteiger partial charge in [0.25, 0.3) is 0 Å². The zero-order chi connectivity index (χ0) is 17.7. The summed E-state index contributed by atoms with van der Waals surface area (Å²) in [6, 6.07) is 5.47. The lowest BCUT2D eigenvalue weighted by atomic mass is 9.76. The fourth-order valence-corrected chi connectivity index (χ4v) is 2.39. The molecule has 0 saturated carbocycles. The molecule has 128 valence electrons. The highest BCUT2D eigenvalue weighted by atomic mass is 19.1. The first-order valence-corrected chi connectivity index (χ1v) is 7.57. The lowest BCUT2D eigenvalue weighted by molar-refractivity contribution is -0.144. The minimum absolute atomic E-state index is 0.172. The third kappa shape index (κ3) is 5.23. The highest BCUT2D eigenvalue weighted by Gasteiger charge is 2.40. The molecule has 0 aliphatic heterocycles. The number of carbonyl (C=O) groups is 2. The molecule has 0 spiro atoms. The van der Waals surface area contributed by atoms with E-state index in [1.165, 1.54) is 18.2 Å². The molecular weight excluding hydrogens is 301 g/mol. The van der Waals surface area contributed by atoms with Crippen LogP contribution in [0, 0.1) is 5.82 Å². The Labute approximate surface area is 135 Å². The number of amides is 1. The number of hydrogen-bond donors (Lipinski definition) is 2. The van der Waals surface area contributed by atoms with Crippen LogP contribution in [0.3, 0.4) is 0 Å². The number of aliphatic carboxylic acids is 1. The number of carbonyl (C=O) groups excluding carboxylic acids is 1. The molecule has 0 aromatic heterocycles. The summed E-state index contributed by atoms with van der Waals surface area (Å²) < 4.78 is 18.7. The maximum absolute atomic E-state index is 13.5. The summed E-state index contributed by atoms with van der Waals surface area (Å²) in [7, 11) is 0. The van der Waals surface area contributed by atoms with Crippen LogP contribution < -0.4 is 5.32 Å². The van der Waals surface area contributed by atoms with E-state index in [4.69, 9.17) is 4.74 Å². The van der Waals surface area contributed by atoms with Gasteiger partial charge in [0.1, 0.15) is 16.8 Å². The summed E-state index contributed by atoms with van der Waals surface area (Å²) in [5.74, 6) is -1.62. The molecule has 1 rings (SSSR count). The van der Waals surface area contributed by atoms with Gasteiger partial charge in [0, 0.05) is 6.54 Å². The molecule has 0 aliphatic rings. The van der Waals surface area contributed by atoms with Crippen molar-refractivity contribution in [1.29, 1.82) is 0 Å². The average Bonchev–Trinajstić information content (AvgIpc) is 2.41. The normalized spacial score (nSPS) is 14.0. The zero-order valence-electron chi connectivity index (χ0n) is 14.0. The number of nitrogens with one attached hydrogen (secondary N) is 1. The van der Waals surface area contributed by atoms with Crippen LogP contribution in [0.4, 0.5) is 9.18 Å². The Kier molecular flexibility index (Phi) is 6.12. The molecule has 6 heteroatoms. The molecule has 0 bridgehead atoms. The Hall–Kier alpha value is -2.11. The molecule has 5 nitrogen and oxygen atoms in total. The second-order valence-electron chi connectivity index (χ2n) is 6.50. The van der Waals surface area contributed by atoms with E-state index in [1.54, 1.807) is 26.8 Å². The first kappa shape index (κ1) is 18.9. The van der Waals surface area contributed by atoms with E-state index in [2.05, 4.69) is 5.32 Å². The molecule has 1 atom stereocenters. The molecule has 23 heavy (non-hydrogen) atoms. The van der Waals surface area contributed by atoms with Crippen molar-refractivity contribution in [1.82, 2.24) is 5.32 Å². The SMILES string of the molecule is CCCC(CNC(=O)OC(C)(C)C)(C(=O)O)c1cccc(F)c1. The first-order valence-electron chi connectivity index (χ1n) is 7.57.